The molecule has 0 radical (unpaired) electrons. The molecule has 1 aromatic heterocycles. The molecule has 1 fully saturated rings. The predicted octanol–water partition coefficient (Wildman–Crippen LogP) is 3.81. The maximum atomic E-state index is 10.1. The summed E-state index contributed by atoms with van der Waals surface area (Å²) in [6.45, 7) is 5.60. The molecular formula is C21H29N3O2. The van der Waals surface area contributed by atoms with E-state index >= 15 is 0 Å². The van der Waals surface area contributed by atoms with Crippen LogP contribution >= 0.6 is 0 Å². The number of aryl methyl sites for hydroxylation is 1. The summed E-state index contributed by atoms with van der Waals surface area (Å²) in [6, 6.07) is 3.72. The molecule has 0 amide bonds. The number of anilines is 1. The Morgan fingerprint density at radius 2 is 1.81 bits per heavy atom. The second-order valence-corrected chi connectivity index (χ2v) is 7.68. The highest BCUT2D eigenvalue weighted by Crippen LogP contribution is 2.38. The first-order chi connectivity index (χ1) is 12.7. The average Bonchev–Trinajstić information content (AvgIpc) is 2.89. The standard InChI is InChI=1S/C21H29N3O2/c1-2-24-10-8-14(9-11-24)22-21-15-6-4-3-5-7-17(15)23-18-13-20(26)19(25)12-16(18)21/h12-14,25-26H,2-11H2,1H3,(H,22,23). The van der Waals surface area contributed by atoms with Crippen LogP contribution < -0.4 is 5.32 Å². The van der Waals surface area contributed by atoms with E-state index in [0.717, 1.165) is 67.6 Å². The number of aromatic nitrogens is 1. The van der Waals surface area contributed by atoms with Gasteiger partial charge in [-0.2, -0.15) is 0 Å². The van der Waals surface area contributed by atoms with Gasteiger partial charge >= 0.3 is 0 Å². The number of fused-ring (bicyclic) bond motifs is 2. The third-order valence-corrected chi connectivity index (χ3v) is 5.99. The van der Waals surface area contributed by atoms with E-state index in [1.807, 2.05) is 0 Å². The monoisotopic (exact) mass is 355 g/mol. The number of piperidine rings is 1. The Hall–Kier alpha value is -2.01. The third-order valence-electron chi connectivity index (χ3n) is 5.99. The van der Waals surface area contributed by atoms with E-state index in [1.165, 1.54) is 24.8 Å². The van der Waals surface area contributed by atoms with Crippen molar-refractivity contribution in [3.8, 4) is 11.5 Å². The van der Waals surface area contributed by atoms with Gasteiger partial charge in [0.15, 0.2) is 11.5 Å². The van der Waals surface area contributed by atoms with Crippen LogP contribution in [-0.2, 0) is 12.8 Å². The molecule has 1 aliphatic heterocycles. The third kappa shape index (κ3) is 3.32. The summed E-state index contributed by atoms with van der Waals surface area (Å²) in [5, 5.41) is 24.7. The van der Waals surface area contributed by atoms with Crippen LogP contribution in [0.1, 0.15) is 50.3 Å². The lowest BCUT2D eigenvalue weighted by atomic mass is 9.98. The average molecular weight is 355 g/mol. The summed E-state index contributed by atoms with van der Waals surface area (Å²) in [6.07, 6.45) is 7.90. The van der Waals surface area contributed by atoms with Gasteiger partial charge in [-0.25, -0.2) is 0 Å². The zero-order chi connectivity index (χ0) is 18.1. The Balaban J connectivity index is 1.75. The van der Waals surface area contributed by atoms with Crippen LogP contribution in [0.2, 0.25) is 0 Å². The van der Waals surface area contributed by atoms with E-state index in [1.54, 1.807) is 12.1 Å². The smallest absolute Gasteiger partial charge is 0.159 e. The lowest BCUT2D eigenvalue weighted by Crippen LogP contribution is -2.39. The predicted molar refractivity (Wildman–Crippen MR) is 105 cm³/mol. The number of hydrogen-bond acceptors (Lipinski definition) is 5. The zero-order valence-electron chi connectivity index (χ0n) is 15.6. The molecule has 0 atom stereocenters. The number of nitrogens with zero attached hydrogens (tertiary/aromatic N) is 2. The highest BCUT2D eigenvalue weighted by molar-refractivity contribution is 5.95. The Kier molecular flexibility index (Phi) is 4.90. The number of benzene rings is 1. The molecule has 3 N–H and O–H groups in total. The number of rotatable bonds is 3. The number of pyridine rings is 1. The van der Waals surface area contributed by atoms with E-state index in [4.69, 9.17) is 4.98 Å². The molecule has 4 rings (SSSR count). The lowest BCUT2D eigenvalue weighted by molar-refractivity contribution is 0.229. The van der Waals surface area contributed by atoms with E-state index in [2.05, 4.69) is 17.1 Å². The van der Waals surface area contributed by atoms with Gasteiger partial charge in [0.2, 0.25) is 0 Å². The van der Waals surface area contributed by atoms with Crippen LogP contribution in [0.25, 0.3) is 10.9 Å². The molecule has 1 aliphatic carbocycles. The molecule has 0 unspecified atom stereocenters. The SMILES string of the molecule is CCN1CCC(Nc2c3c(nc4cc(O)c(O)cc24)CCCCC3)CC1. The van der Waals surface area contributed by atoms with Crippen molar-refractivity contribution in [3.63, 3.8) is 0 Å². The minimum Gasteiger partial charge on any atom is -0.504 e. The van der Waals surface area contributed by atoms with Crippen molar-refractivity contribution in [2.24, 2.45) is 0 Å². The van der Waals surface area contributed by atoms with Gasteiger partial charge in [0.25, 0.3) is 0 Å². The number of hydrogen-bond donors (Lipinski definition) is 3. The van der Waals surface area contributed by atoms with Crippen LogP contribution in [0.3, 0.4) is 0 Å². The summed E-state index contributed by atoms with van der Waals surface area (Å²) >= 11 is 0. The fourth-order valence-corrected chi connectivity index (χ4v) is 4.39. The molecule has 2 aromatic rings. The maximum absolute atomic E-state index is 10.1. The van der Waals surface area contributed by atoms with Crippen molar-refractivity contribution in [3.05, 3.63) is 23.4 Å². The second kappa shape index (κ2) is 7.31. The van der Waals surface area contributed by atoms with E-state index in [9.17, 15) is 10.2 Å². The molecule has 140 valence electrons. The highest BCUT2D eigenvalue weighted by Gasteiger charge is 2.23. The molecule has 0 bridgehead atoms. The number of likely N-dealkylation sites (tertiary alicyclic amines) is 1. The van der Waals surface area contributed by atoms with E-state index in [0.29, 0.717) is 6.04 Å². The van der Waals surface area contributed by atoms with Crippen molar-refractivity contribution >= 4 is 16.6 Å². The van der Waals surface area contributed by atoms with Gasteiger partial charge in [0.1, 0.15) is 0 Å². The summed E-state index contributed by atoms with van der Waals surface area (Å²) in [7, 11) is 0. The Morgan fingerprint density at radius 1 is 1.08 bits per heavy atom. The Bertz CT molecular complexity index is 798. The first-order valence-electron chi connectivity index (χ1n) is 10.0. The van der Waals surface area contributed by atoms with Gasteiger partial charge in [-0.3, -0.25) is 4.98 Å². The van der Waals surface area contributed by atoms with Crippen LogP contribution in [0.5, 0.6) is 11.5 Å². The van der Waals surface area contributed by atoms with Gasteiger partial charge in [-0.15, -0.1) is 0 Å². The molecule has 2 heterocycles. The minimum absolute atomic E-state index is 0.0725. The zero-order valence-corrected chi connectivity index (χ0v) is 15.6. The Morgan fingerprint density at radius 3 is 2.58 bits per heavy atom. The van der Waals surface area contributed by atoms with Gasteiger partial charge < -0.3 is 20.4 Å². The first-order valence-corrected chi connectivity index (χ1v) is 10.0. The van der Waals surface area contributed by atoms with E-state index in [-0.39, 0.29) is 11.5 Å². The van der Waals surface area contributed by atoms with Gasteiger partial charge in [0, 0.05) is 42.0 Å². The molecule has 1 saturated heterocycles. The maximum Gasteiger partial charge on any atom is 0.159 e. The second-order valence-electron chi connectivity index (χ2n) is 7.68. The van der Waals surface area contributed by atoms with Crippen LogP contribution in [0, 0.1) is 0 Å². The van der Waals surface area contributed by atoms with E-state index < -0.39 is 0 Å². The van der Waals surface area contributed by atoms with Crippen LogP contribution in [0.15, 0.2) is 12.1 Å². The largest absolute Gasteiger partial charge is 0.504 e. The lowest BCUT2D eigenvalue weighted by Gasteiger charge is -2.33. The summed E-state index contributed by atoms with van der Waals surface area (Å²) in [5.41, 5.74) is 4.39. The molecule has 5 heteroatoms. The van der Waals surface area contributed by atoms with Crippen molar-refractivity contribution < 1.29 is 10.2 Å². The van der Waals surface area contributed by atoms with Gasteiger partial charge in [-0.1, -0.05) is 13.3 Å². The number of aromatic hydroxyl groups is 2. The number of phenols is 2. The summed E-state index contributed by atoms with van der Waals surface area (Å²) in [4.78, 5) is 7.33. The minimum atomic E-state index is -0.0965. The molecule has 1 aromatic carbocycles. The van der Waals surface area contributed by atoms with Crippen LogP contribution in [-0.4, -0.2) is 45.8 Å². The van der Waals surface area contributed by atoms with Gasteiger partial charge in [0.05, 0.1) is 5.52 Å². The van der Waals surface area contributed by atoms with Crippen molar-refractivity contribution in [2.45, 2.75) is 57.9 Å². The first kappa shape index (κ1) is 17.4. The molecule has 2 aliphatic rings. The molecule has 5 nitrogen and oxygen atoms in total. The fourth-order valence-electron chi connectivity index (χ4n) is 4.39. The quantitative estimate of drug-likeness (QED) is 0.577. The normalized spacial score (nSPS) is 19.3. The van der Waals surface area contributed by atoms with Crippen molar-refractivity contribution in [2.75, 3.05) is 25.0 Å². The number of nitrogens with one attached hydrogen (secondary N) is 1. The fraction of sp³-hybridized carbons (Fsp3) is 0.571. The molecular weight excluding hydrogens is 326 g/mol. The molecule has 26 heavy (non-hydrogen) atoms. The summed E-state index contributed by atoms with van der Waals surface area (Å²) in [5.74, 6) is -0.169. The Labute approximate surface area is 155 Å². The highest BCUT2D eigenvalue weighted by atomic mass is 16.3. The topological polar surface area (TPSA) is 68.6 Å². The van der Waals surface area contributed by atoms with Crippen LogP contribution in [0.4, 0.5) is 5.69 Å². The van der Waals surface area contributed by atoms with Crippen molar-refractivity contribution in [1.82, 2.24) is 9.88 Å². The van der Waals surface area contributed by atoms with Crippen molar-refractivity contribution in [1.29, 1.82) is 0 Å². The summed E-state index contributed by atoms with van der Waals surface area (Å²) < 4.78 is 0. The van der Waals surface area contributed by atoms with Gasteiger partial charge in [-0.05, 0) is 56.7 Å². The molecule has 0 saturated carbocycles. The molecule has 0 spiro atoms. The number of phenolic OH excluding ortho intramolecular Hbond substituents is 2.